The third-order valence-electron chi connectivity index (χ3n) is 2.54. The van der Waals surface area contributed by atoms with Crippen molar-refractivity contribution in [2.75, 3.05) is 18.4 Å². The number of nitrogens with one attached hydrogen (secondary N) is 1. The van der Waals surface area contributed by atoms with E-state index in [-0.39, 0.29) is 0 Å². The molecule has 84 valence electrons. The van der Waals surface area contributed by atoms with E-state index in [4.69, 9.17) is 17.3 Å². The number of hydrogen-bond acceptors (Lipinski definition) is 2. The lowest BCUT2D eigenvalue weighted by atomic mass is 10.1. The summed E-state index contributed by atoms with van der Waals surface area (Å²) in [7, 11) is 0. The van der Waals surface area contributed by atoms with Crippen molar-refractivity contribution in [1.29, 1.82) is 0 Å². The quantitative estimate of drug-likeness (QED) is 0.810. The number of anilines is 1. The van der Waals surface area contributed by atoms with Gasteiger partial charge in [-0.15, -0.1) is 0 Å². The highest BCUT2D eigenvalue weighted by molar-refractivity contribution is 6.30. The summed E-state index contributed by atoms with van der Waals surface area (Å²) in [4.78, 5) is 0. The molecule has 0 saturated heterocycles. The third kappa shape index (κ3) is 4.10. The van der Waals surface area contributed by atoms with E-state index in [1.165, 1.54) is 5.56 Å². The van der Waals surface area contributed by atoms with E-state index in [0.717, 1.165) is 30.2 Å². The van der Waals surface area contributed by atoms with Crippen LogP contribution in [0.1, 0.15) is 18.9 Å². The molecule has 1 rings (SSSR count). The van der Waals surface area contributed by atoms with Gasteiger partial charge in [-0.2, -0.15) is 0 Å². The van der Waals surface area contributed by atoms with Crippen molar-refractivity contribution in [3.8, 4) is 0 Å². The third-order valence-corrected chi connectivity index (χ3v) is 2.78. The average Bonchev–Trinajstić information content (AvgIpc) is 2.21. The summed E-state index contributed by atoms with van der Waals surface area (Å²) < 4.78 is 0. The Labute approximate surface area is 96.8 Å². The standard InChI is InChI=1S/C12H19ClN2/c1-9(8-14)5-6-15-12-4-3-11(13)7-10(12)2/h3-4,7,9,15H,5-6,8,14H2,1-2H3. The van der Waals surface area contributed by atoms with Crippen molar-refractivity contribution in [3.05, 3.63) is 28.8 Å². The second-order valence-corrected chi connectivity index (χ2v) is 4.45. The molecule has 1 aromatic carbocycles. The van der Waals surface area contributed by atoms with Gasteiger partial charge in [0.15, 0.2) is 0 Å². The number of halogens is 1. The first-order valence-corrected chi connectivity index (χ1v) is 5.71. The Morgan fingerprint density at radius 1 is 1.47 bits per heavy atom. The molecule has 0 aliphatic rings. The van der Waals surface area contributed by atoms with Crippen LogP contribution in [0.5, 0.6) is 0 Å². The number of nitrogens with two attached hydrogens (primary N) is 1. The smallest absolute Gasteiger partial charge is 0.0410 e. The van der Waals surface area contributed by atoms with Crippen molar-refractivity contribution in [2.45, 2.75) is 20.3 Å². The summed E-state index contributed by atoms with van der Waals surface area (Å²) >= 11 is 5.88. The molecule has 0 bridgehead atoms. The van der Waals surface area contributed by atoms with Crippen molar-refractivity contribution in [3.63, 3.8) is 0 Å². The van der Waals surface area contributed by atoms with Gasteiger partial charge in [0.1, 0.15) is 0 Å². The minimum Gasteiger partial charge on any atom is -0.385 e. The van der Waals surface area contributed by atoms with E-state index in [0.29, 0.717) is 5.92 Å². The molecule has 0 saturated carbocycles. The maximum absolute atomic E-state index is 5.88. The summed E-state index contributed by atoms with van der Waals surface area (Å²) in [5.41, 5.74) is 7.90. The van der Waals surface area contributed by atoms with E-state index >= 15 is 0 Å². The fourth-order valence-corrected chi connectivity index (χ4v) is 1.62. The van der Waals surface area contributed by atoms with Crippen LogP contribution >= 0.6 is 11.6 Å². The summed E-state index contributed by atoms with van der Waals surface area (Å²) in [6, 6.07) is 5.89. The molecular formula is C12H19ClN2. The molecule has 0 aliphatic heterocycles. The van der Waals surface area contributed by atoms with Gasteiger partial charge in [0.05, 0.1) is 0 Å². The lowest BCUT2D eigenvalue weighted by Crippen LogP contribution is -2.15. The normalized spacial score (nSPS) is 12.5. The molecule has 3 N–H and O–H groups in total. The van der Waals surface area contributed by atoms with Gasteiger partial charge in [0, 0.05) is 17.3 Å². The molecular weight excluding hydrogens is 208 g/mol. The van der Waals surface area contributed by atoms with Gasteiger partial charge < -0.3 is 11.1 Å². The first-order chi connectivity index (χ1) is 7.13. The fraction of sp³-hybridized carbons (Fsp3) is 0.500. The van der Waals surface area contributed by atoms with Crippen LogP contribution in [0.2, 0.25) is 5.02 Å². The maximum atomic E-state index is 5.88. The Kier molecular flexibility index (Phi) is 4.92. The summed E-state index contributed by atoms with van der Waals surface area (Å²) in [6.07, 6.45) is 1.10. The van der Waals surface area contributed by atoms with Gasteiger partial charge in [-0.3, -0.25) is 0 Å². The zero-order valence-electron chi connectivity index (χ0n) is 9.39. The monoisotopic (exact) mass is 226 g/mol. The second kappa shape index (κ2) is 5.99. The minimum absolute atomic E-state index is 0.574. The predicted octanol–water partition coefficient (Wildman–Crippen LogP) is 3.05. The fourth-order valence-electron chi connectivity index (χ4n) is 1.40. The van der Waals surface area contributed by atoms with E-state index in [9.17, 15) is 0 Å². The number of rotatable bonds is 5. The Hall–Kier alpha value is -0.730. The van der Waals surface area contributed by atoms with E-state index in [1.807, 2.05) is 18.2 Å². The van der Waals surface area contributed by atoms with Gasteiger partial charge in [-0.25, -0.2) is 0 Å². The molecule has 1 atom stereocenters. The highest BCUT2D eigenvalue weighted by Gasteiger charge is 2.00. The molecule has 0 amide bonds. The van der Waals surface area contributed by atoms with Crippen molar-refractivity contribution >= 4 is 17.3 Å². The van der Waals surface area contributed by atoms with Crippen LogP contribution in [0, 0.1) is 12.8 Å². The first kappa shape index (κ1) is 12.3. The molecule has 0 spiro atoms. The number of hydrogen-bond donors (Lipinski definition) is 2. The Morgan fingerprint density at radius 2 is 2.20 bits per heavy atom. The first-order valence-electron chi connectivity index (χ1n) is 5.33. The summed E-state index contributed by atoms with van der Waals surface area (Å²) in [5.74, 6) is 0.574. The Bertz CT molecular complexity index is 312. The molecule has 3 heteroatoms. The van der Waals surface area contributed by atoms with Crippen LogP contribution in [0.25, 0.3) is 0 Å². The molecule has 2 nitrogen and oxygen atoms in total. The molecule has 15 heavy (non-hydrogen) atoms. The maximum Gasteiger partial charge on any atom is 0.0410 e. The van der Waals surface area contributed by atoms with Gasteiger partial charge in [0.25, 0.3) is 0 Å². The van der Waals surface area contributed by atoms with E-state index in [2.05, 4.69) is 19.2 Å². The zero-order chi connectivity index (χ0) is 11.3. The highest BCUT2D eigenvalue weighted by Crippen LogP contribution is 2.19. The van der Waals surface area contributed by atoms with Crippen LogP contribution < -0.4 is 11.1 Å². The van der Waals surface area contributed by atoms with Crippen LogP contribution in [0.15, 0.2) is 18.2 Å². The molecule has 0 radical (unpaired) electrons. The topological polar surface area (TPSA) is 38.0 Å². The molecule has 0 heterocycles. The predicted molar refractivity (Wildman–Crippen MR) is 67.5 cm³/mol. The van der Waals surface area contributed by atoms with Crippen LogP contribution in [-0.4, -0.2) is 13.1 Å². The van der Waals surface area contributed by atoms with Crippen molar-refractivity contribution < 1.29 is 0 Å². The molecule has 1 unspecified atom stereocenters. The lowest BCUT2D eigenvalue weighted by molar-refractivity contribution is 0.561. The van der Waals surface area contributed by atoms with Gasteiger partial charge in [-0.05, 0) is 49.6 Å². The summed E-state index contributed by atoms with van der Waals surface area (Å²) in [5, 5.41) is 4.18. The second-order valence-electron chi connectivity index (χ2n) is 4.02. The highest BCUT2D eigenvalue weighted by atomic mass is 35.5. The van der Waals surface area contributed by atoms with Gasteiger partial charge in [-0.1, -0.05) is 18.5 Å². The zero-order valence-corrected chi connectivity index (χ0v) is 10.1. The number of benzene rings is 1. The van der Waals surface area contributed by atoms with Crippen LogP contribution in [0.4, 0.5) is 5.69 Å². The van der Waals surface area contributed by atoms with Crippen LogP contribution in [-0.2, 0) is 0 Å². The van der Waals surface area contributed by atoms with E-state index in [1.54, 1.807) is 0 Å². The van der Waals surface area contributed by atoms with Crippen molar-refractivity contribution in [2.24, 2.45) is 11.7 Å². The minimum atomic E-state index is 0.574. The van der Waals surface area contributed by atoms with E-state index < -0.39 is 0 Å². The SMILES string of the molecule is Cc1cc(Cl)ccc1NCCC(C)CN. The molecule has 0 fully saturated rings. The lowest BCUT2D eigenvalue weighted by Gasteiger charge is -2.12. The Balaban J connectivity index is 2.44. The summed E-state index contributed by atoms with van der Waals surface area (Å²) in [6.45, 7) is 5.93. The van der Waals surface area contributed by atoms with Gasteiger partial charge >= 0.3 is 0 Å². The molecule has 0 aliphatic carbocycles. The van der Waals surface area contributed by atoms with Crippen molar-refractivity contribution in [1.82, 2.24) is 0 Å². The number of aryl methyl sites for hydroxylation is 1. The van der Waals surface area contributed by atoms with Gasteiger partial charge in [0.2, 0.25) is 0 Å². The molecule has 0 aromatic heterocycles. The largest absolute Gasteiger partial charge is 0.385 e. The molecule has 1 aromatic rings. The average molecular weight is 227 g/mol. The Morgan fingerprint density at radius 3 is 2.80 bits per heavy atom. The van der Waals surface area contributed by atoms with Crippen LogP contribution in [0.3, 0.4) is 0 Å².